The van der Waals surface area contributed by atoms with Gasteiger partial charge >= 0.3 is 0 Å². The zero-order valence-electron chi connectivity index (χ0n) is 11.7. The average Bonchev–Trinajstić information content (AvgIpc) is 2.48. The lowest BCUT2D eigenvalue weighted by Crippen LogP contribution is -2.17. The van der Waals surface area contributed by atoms with E-state index in [9.17, 15) is 5.26 Å². The Morgan fingerprint density at radius 1 is 1.30 bits per heavy atom. The molecule has 4 heteroatoms. The second-order valence-corrected chi connectivity index (χ2v) is 5.72. The third-order valence-corrected chi connectivity index (χ3v) is 3.91. The monoisotopic (exact) mass is 283 g/mol. The fourth-order valence-corrected chi connectivity index (χ4v) is 2.86. The molecule has 0 saturated heterocycles. The quantitative estimate of drug-likeness (QED) is 0.784. The van der Waals surface area contributed by atoms with E-state index in [1.54, 1.807) is 18.0 Å². The van der Waals surface area contributed by atoms with Crippen LogP contribution in [0.2, 0.25) is 0 Å². The Morgan fingerprint density at radius 2 is 2.15 bits per heavy atom. The first-order chi connectivity index (χ1) is 9.76. The summed E-state index contributed by atoms with van der Waals surface area (Å²) in [5.74, 6) is 0.963. The number of anilines is 1. The van der Waals surface area contributed by atoms with Crippen molar-refractivity contribution in [3.8, 4) is 6.07 Å². The number of hydrogen-bond donors (Lipinski definition) is 0. The molecule has 2 aromatic rings. The van der Waals surface area contributed by atoms with E-state index < -0.39 is 0 Å². The lowest BCUT2D eigenvalue weighted by atomic mass is 10.1. The number of benzene rings is 1. The maximum atomic E-state index is 9.44. The number of rotatable bonds is 5. The van der Waals surface area contributed by atoms with E-state index >= 15 is 0 Å². The van der Waals surface area contributed by atoms with Crippen LogP contribution in [0.15, 0.2) is 47.6 Å². The molecule has 3 nitrogen and oxygen atoms in total. The van der Waals surface area contributed by atoms with Crippen LogP contribution in [0, 0.1) is 11.3 Å². The van der Waals surface area contributed by atoms with Crippen LogP contribution in [0.4, 0.5) is 5.69 Å². The minimum Gasteiger partial charge on any atom is -0.369 e. The molecule has 0 spiro atoms. The normalized spacial score (nSPS) is 10.1. The lowest BCUT2D eigenvalue weighted by molar-refractivity contribution is 0.910. The molecule has 0 radical (unpaired) electrons. The Labute approximate surface area is 124 Å². The highest BCUT2D eigenvalue weighted by Gasteiger charge is 2.12. The Hall–Kier alpha value is -1.99. The molecule has 102 valence electrons. The van der Waals surface area contributed by atoms with Crippen molar-refractivity contribution in [3.63, 3.8) is 0 Å². The molecule has 0 aliphatic carbocycles. The molecule has 0 saturated carbocycles. The van der Waals surface area contributed by atoms with Gasteiger partial charge in [0.2, 0.25) is 0 Å². The van der Waals surface area contributed by atoms with Crippen molar-refractivity contribution < 1.29 is 0 Å². The molecule has 2 rings (SSSR count). The summed E-state index contributed by atoms with van der Waals surface area (Å²) in [6, 6.07) is 12.3. The Morgan fingerprint density at radius 3 is 2.80 bits per heavy atom. The number of aromatic nitrogens is 1. The van der Waals surface area contributed by atoms with Crippen LogP contribution in [0.5, 0.6) is 0 Å². The summed E-state index contributed by atoms with van der Waals surface area (Å²) in [6.07, 6.45) is 3.62. The van der Waals surface area contributed by atoms with E-state index in [0.29, 0.717) is 0 Å². The van der Waals surface area contributed by atoms with E-state index in [2.05, 4.69) is 22.9 Å². The number of nitrogens with zero attached hydrogens (tertiary/aromatic N) is 3. The molecule has 0 amide bonds. The maximum Gasteiger partial charge on any atom is 0.103 e. The maximum absolute atomic E-state index is 9.44. The van der Waals surface area contributed by atoms with Gasteiger partial charge in [0.1, 0.15) is 6.07 Å². The first-order valence-electron chi connectivity index (χ1n) is 6.52. The van der Waals surface area contributed by atoms with Crippen molar-refractivity contribution in [1.29, 1.82) is 5.26 Å². The van der Waals surface area contributed by atoms with Crippen LogP contribution in [-0.4, -0.2) is 17.8 Å². The summed E-state index contributed by atoms with van der Waals surface area (Å²) in [6.45, 7) is 2.83. The molecule has 0 unspecified atom stereocenters. The minimum atomic E-state index is 0.739. The number of hydrogen-bond acceptors (Lipinski definition) is 4. The topological polar surface area (TPSA) is 39.9 Å². The van der Waals surface area contributed by atoms with Crippen LogP contribution in [0.3, 0.4) is 0 Å². The Bertz CT molecular complexity index is 605. The van der Waals surface area contributed by atoms with Crippen LogP contribution >= 0.6 is 11.8 Å². The molecule has 20 heavy (non-hydrogen) atoms. The third-order valence-electron chi connectivity index (χ3n) is 2.97. The largest absolute Gasteiger partial charge is 0.369 e. The molecule has 0 aliphatic rings. The summed E-state index contributed by atoms with van der Waals surface area (Å²) in [4.78, 5) is 7.26. The molecule has 0 atom stereocenters. The van der Waals surface area contributed by atoms with E-state index in [1.165, 1.54) is 0 Å². The average molecular weight is 283 g/mol. The van der Waals surface area contributed by atoms with Gasteiger partial charge in [0, 0.05) is 30.9 Å². The second kappa shape index (κ2) is 6.97. The molecular weight excluding hydrogens is 266 g/mol. The predicted octanol–water partition coefficient (Wildman–Crippen LogP) is 3.70. The van der Waals surface area contributed by atoms with Crippen molar-refractivity contribution in [2.24, 2.45) is 0 Å². The molecule has 1 aromatic heterocycles. The van der Waals surface area contributed by atoms with Gasteiger partial charge in [-0.15, -0.1) is 11.8 Å². The van der Waals surface area contributed by atoms with Gasteiger partial charge < -0.3 is 4.90 Å². The summed E-state index contributed by atoms with van der Waals surface area (Å²) in [5, 5.41) is 9.44. The lowest BCUT2D eigenvalue weighted by Gasteiger charge is -2.21. The highest BCUT2D eigenvalue weighted by Crippen LogP contribution is 2.30. The molecule has 0 aliphatic heterocycles. The van der Waals surface area contributed by atoms with Crippen molar-refractivity contribution in [2.45, 2.75) is 18.4 Å². The smallest absolute Gasteiger partial charge is 0.103 e. The van der Waals surface area contributed by atoms with Gasteiger partial charge in [-0.1, -0.05) is 19.1 Å². The highest BCUT2D eigenvalue weighted by atomic mass is 32.2. The van der Waals surface area contributed by atoms with Crippen LogP contribution < -0.4 is 4.90 Å². The van der Waals surface area contributed by atoms with Crippen molar-refractivity contribution in [3.05, 3.63) is 53.9 Å². The molecule has 1 heterocycles. The van der Waals surface area contributed by atoms with Crippen molar-refractivity contribution in [1.82, 2.24) is 4.98 Å². The highest BCUT2D eigenvalue weighted by molar-refractivity contribution is 7.99. The Kier molecular flexibility index (Phi) is 5.03. The first kappa shape index (κ1) is 14.4. The Balaban J connectivity index is 2.28. The summed E-state index contributed by atoms with van der Waals surface area (Å²) >= 11 is 1.70. The minimum absolute atomic E-state index is 0.739. The molecule has 1 aromatic carbocycles. The molecule has 0 N–H and O–H groups in total. The predicted molar refractivity (Wildman–Crippen MR) is 83.9 cm³/mol. The number of nitriles is 1. The van der Waals surface area contributed by atoms with Crippen LogP contribution in [0.25, 0.3) is 0 Å². The SMILES string of the molecule is CCSc1cccc(N(C)Cc2cccnc2)c1C#N. The summed E-state index contributed by atoms with van der Waals surface area (Å²) in [5.41, 5.74) is 2.85. The number of pyridine rings is 1. The van der Waals surface area contributed by atoms with Crippen LogP contribution in [-0.2, 0) is 6.54 Å². The van der Waals surface area contributed by atoms with Gasteiger partial charge in [0.05, 0.1) is 11.3 Å². The fraction of sp³-hybridized carbons (Fsp3) is 0.250. The summed E-state index contributed by atoms with van der Waals surface area (Å²) < 4.78 is 0. The van der Waals surface area contributed by atoms with E-state index in [-0.39, 0.29) is 0 Å². The van der Waals surface area contributed by atoms with E-state index in [0.717, 1.165) is 34.0 Å². The molecule has 0 fully saturated rings. The standard InChI is InChI=1S/C16H17N3S/c1-3-20-16-8-4-7-15(14(16)10-17)19(2)12-13-6-5-9-18-11-13/h4-9,11H,3,12H2,1-2H3. The summed E-state index contributed by atoms with van der Waals surface area (Å²) in [7, 11) is 2.00. The van der Waals surface area contributed by atoms with E-state index in [4.69, 9.17) is 0 Å². The van der Waals surface area contributed by atoms with Gasteiger partial charge in [-0.3, -0.25) is 4.98 Å². The van der Waals surface area contributed by atoms with Gasteiger partial charge in [0.25, 0.3) is 0 Å². The van der Waals surface area contributed by atoms with Gasteiger partial charge in [0.15, 0.2) is 0 Å². The molecular formula is C16H17N3S. The van der Waals surface area contributed by atoms with Gasteiger partial charge in [-0.05, 0) is 29.5 Å². The van der Waals surface area contributed by atoms with E-state index in [1.807, 2.05) is 43.6 Å². The fourth-order valence-electron chi connectivity index (χ4n) is 2.08. The van der Waals surface area contributed by atoms with Gasteiger partial charge in [-0.2, -0.15) is 5.26 Å². The number of thioether (sulfide) groups is 1. The zero-order chi connectivity index (χ0) is 14.4. The molecule has 0 bridgehead atoms. The third kappa shape index (κ3) is 3.31. The van der Waals surface area contributed by atoms with Crippen molar-refractivity contribution >= 4 is 17.4 Å². The zero-order valence-corrected chi connectivity index (χ0v) is 12.5. The van der Waals surface area contributed by atoms with Gasteiger partial charge in [-0.25, -0.2) is 0 Å². The first-order valence-corrected chi connectivity index (χ1v) is 7.50. The van der Waals surface area contributed by atoms with Crippen molar-refractivity contribution in [2.75, 3.05) is 17.7 Å². The second-order valence-electron chi connectivity index (χ2n) is 4.41. The van der Waals surface area contributed by atoms with Crippen LogP contribution in [0.1, 0.15) is 18.1 Å².